The Morgan fingerprint density at radius 3 is 2.82 bits per heavy atom. The number of pyridine rings is 1. The van der Waals surface area contributed by atoms with Crippen LogP contribution in [0.2, 0.25) is 0 Å². The Morgan fingerprint density at radius 1 is 1.36 bits per heavy atom. The zero-order valence-corrected chi connectivity index (χ0v) is 13.7. The molecule has 0 spiro atoms. The summed E-state index contributed by atoms with van der Waals surface area (Å²) in [4.78, 5) is 15.7. The van der Waals surface area contributed by atoms with Gasteiger partial charge in [0.1, 0.15) is 5.75 Å². The average Bonchev–Trinajstić information content (AvgIpc) is 2.55. The van der Waals surface area contributed by atoms with Crippen molar-refractivity contribution < 1.29 is 9.53 Å². The zero-order chi connectivity index (χ0) is 15.8. The molecule has 22 heavy (non-hydrogen) atoms. The van der Waals surface area contributed by atoms with Gasteiger partial charge in [0.15, 0.2) is 0 Å². The molecule has 1 aromatic carbocycles. The highest BCUT2D eigenvalue weighted by Crippen LogP contribution is 2.25. The molecule has 5 nitrogen and oxygen atoms in total. The molecule has 0 aliphatic rings. The number of benzene rings is 1. The molecule has 1 heterocycles. The highest BCUT2D eigenvalue weighted by atomic mass is 79.9. The largest absolute Gasteiger partial charge is 0.492 e. The van der Waals surface area contributed by atoms with Crippen molar-refractivity contribution in [2.75, 3.05) is 6.61 Å². The summed E-state index contributed by atoms with van der Waals surface area (Å²) in [5, 5.41) is 3.94. The lowest BCUT2D eigenvalue weighted by atomic mass is 10.2. The molecule has 0 unspecified atom stereocenters. The Bertz CT molecular complexity index is 660. The number of hydrogen-bond donors (Lipinski definition) is 1. The number of rotatable bonds is 6. The van der Waals surface area contributed by atoms with Gasteiger partial charge in [-0.15, -0.1) is 0 Å². The maximum Gasteiger partial charge on any atom is 0.271 e. The molecular formula is C16H16BrN3O2. The Kier molecular flexibility index (Phi) is 6.09. The summed E-state index contributed by atoms with van der Waals surface area (Å²) in [6.45, 7) is 2.73. The van der Waals surface area contributed by atoms with Gasteiger partial charge in [0.25, 0.3) is 5.91 Å². The summed E-state index contributed by atoms with van der Waals surface area (Å²) < 4.78 is 6.43. The SMILES string of the molecule is CCCOc1ccc(/C=N\NC(=O)c2ccncc2)cc1Br. The minimum absolute atomic E-state index is 0.277. The number of halogens is 1. The molecular weight excluding hydrogens is 346 g/mol. The third kappa shape index (κ3) is 4.66. The van der Waals surface area contributed by atoms with Crippen LogP contribution in [0, 0.1) is 0 Å². The van der Waals surface area contributed by atoms with Crippen molar-refractivity contribution in [1.82, 2.24) is 10.4 Å². The van der Waals surface area contributed by atoms with E-state index in [1.165, 1.54) is 0 Å². The monoisotopic (exact) mass is 361 g/mol. The Hall–Kier alpha value is -2.21. The highest BCUT2D eigenvalue weighted by Gasteiger charge is 2.03. The molecule has 0 fully saturated rings. The molecule has 2 rings (SSSR count). The number of amides is 1. The predicted molar refractivity (Wildman–Crippen MR) is 89.2 cm³/mol. The van der Waals surface area contributed by atoms with Crippen LogP contribution < -0.4 is 10.2 Å². The normalized spacial score (nSPS) is 10.6. The van der Waals surface area contributed by atoms with Gasteiger partial charge in [-0.2, -0.15) is 5.10 Å². The van der Waals surface area contributed by atoms with Crippen LogP contribution >= 0.6 is 15.9 Å². The number of hydrazone groups is 1. The second kappa shape index (κ2) is 8.29. The quantitative estimate of drug-likeness (QED) is 0.633. The molecule has 1 N–H and O–H groups in total. The molecule has 0 radical (unpaired) electrons. The van der Waals surface area contributed by atoms with Crippen molar-refractivity contribution in [1.29, 1.82) is 0 Å². The van der Waals surface area contributed by atoms with Crippen molar-refractivity contribution in [3.05, 3.63) is 58.3 Å². The first-order chi connectivity index (χ1) is 10.7. The van der Waals surface area contributed by atoms with Gasteiger partial charge in [0.2, 0.25) is 0 Å². The Morgan fingerprint density at radius 2 is 2.14 bits per heavy atom. The van der Waals surface area contributed by atoms with Crippen molar-refractivity contribution in [3.63, 3.8) is 0 Å². The molecule has 1 aromatic heterocycles. The molecule has 0 saturated heterocycles. The van der Waals surface area contributed by atoms with Gasteiger partial charge < -0.3 is 4.74 Å². The number of nitrogens with zero attached hydrogens (tertiary/aromatic N) is 2. The van der Waals surface area contributed by atoms with E-state index in [0.717, 1.165) is 22.2 Å². The van der Waals surface area contributed by atoms with Crippen molar-refractivity contribution >= 4 is 28.1 Å². The third-order valence-electron chi connectivity index (χ3n) is 2.74. The van der Waals surface area contributed by atoms with Gasteiger partial charge in [-0.1, -0.05) is 6.92 Å². The first-order valence-corrected chi connectivity index (χ1v) is 7.65. The lowest BCUT2D eigenvalue weighted by Gasteiger charge is -2.07. The van der Waals surface area contributed by atoms with Crippen LogP contribution in [0.5, 0.6) is 5.75 Å². The number of hydrogen-bond acceptors (Lipinski definition) is 4. The minimum atomic E-state index is -0.277. The molecule has 0 bridgehead atoms. The van der Waals surface area contributed by atoms with Gasteiger partial charge in [-0.3, -0.25) is 9.78 Å². The Balaban J connectivity index is 1.96. The summed E-state index contributed by atoms with van der Waals surface area (Å²) in [6.07, 6.45) is 5.65. The van der Waals surface area contributed by atoms with E-state index in [2.05, 4.69) is 38.4 Å². The molecule has 0 aliphatic heterocycles. The van der Waals surface area contributed by atoms with Crippen LogP contribution in [-0.2, 0) is 0 Å². The van der Waals surface area contributed by atoms with E-state index in [1.807, 2.05) is 18.2 Å². The number of nitrogens with one attached hydrogen (secondary N) is 1. The fourth-order valence-electron chi connectivity index (χ4n) is 1.66. The number of ether oxygens (including phenoxy) is 1. The lowest BCUT2D eigenvalue weighted by Crippen LogP contribution is -2.17. The Labute approximate surface area is 137 Å². The predicted octanol–water partition coefficient (Wildman–Crippen LogP) is 3.40. The van der Waals surface area contributed by atoms with E-state index in [-0.39, 0.29) is 5.91 Å². The van der Waals surface area contributed by atoms with Crippen LogP contribution in [0.3, 0.4) is 0 Å². The standard InChI is InChI=1S/C16H16BrN3O2/c1-2-9-22-15-4-3-12(10-14(15)17)11-19-20-16(21)13-5-7-18-8-6-13/h3-8,10-11H,2,9H2,1H3,(H,20,21)/b19-11-. The summed E-state index contributed by atoms with van der Waals surface area (Å²) in [5.74, 6) is 0.514. The van der Waals surface area contributed by atoms with E-state index >= 15 is 0 Å². The minimum Gasteiger partial charge on any atom is -0.492 e. The fourth-order valence-corrected chi connectivity index (χ4v) is 2.17. The van der Waals surface area contributed by atoms with Gasteiger partial charge in [0, 0.05) is 18.0 Å². The summed E-state index contributed by atoms with van der Waals surface area (Å²) in [7, 11) is 0. The van der Waals surface area contributed by atoms with E-state index in [1.54, 1.807) is 30.7 Å². The van der Waals surface area contributed by atoms with Crippen molar-refractivity contribution in [3.8, 4) is 5.75 Å². The van der Waals surface area contributed by atoms with Crippen LogP contribution in [0.25, 0.3) is 0 Å². The van der Waals surface area contributed by atoms with Crippen LogP contribution in [0.4, 0.5) is 0 Å². The molecule has 0 saturated carbocycles. The second-order valence-corrected chi connectivity index (χ2v) is 5.33. The molecule has 1 amide bonds. The molecule has 6 heteroatoms. The first-order valence-electron chi connectivity index (χ1n) is 6.86. The smallest absolute Gasteiger partial charge is 0.271 e. The summed E-state index contributed by atoms with van der Waals surface area (Å²) in [5.41, 5.74) is 3.84. The second-order valence-electron chi connectivity index (χ2n) is 4.47. The van der Waals surface area contributed by atoms with Crippen LogP contribution in [0.1, 0.15) is 29.3 Å². The average molecular weight is 362 g/mol. The van der Waals surface area contributed by atoms with E-state index < -0.39 is 0 Å². The molecule has 114 valence electrons. The van der Waals surface area contributed by atoms with E-state index in [9.17, 15) is 4.79 Å². The molecule has 2 aromatic rings. The summed E-state index contributed by atoms with van der Waals surface area (Å²) in [6, 6.07) is 8.87. The van der Waals surface area contributed by atoms with Gasteiger partial charge in [-0.25, -0.2) is 5.43 Å². The number of carbonyl (C=O) groups is 1. The van der Waals surface area contributed by atoms with Crippen LogP contribution in [0.15, 0.2) is 52.3 Å². The van der Waals surface area contributed by atoms with Gasteiger partial charge in [-0.05, 0) is 58.2 Å². The maximum atomic E-state index is 11.8. The molecule has 0 atom stereocenters. The maximum absolute atomic E-state index is 11.8. The molecule has 0 aliphatic carbocycles. The highest BCUT2D eigenvalue weighted by molar-refractivity contribution is 9.10. The van der Waals surface area contributed by atoms with Gasteiger partial charge in [0.05, 0.1) is 17.3 Å². The zero-order valence-electron chi connectivity index (χ0n) is 12.1. The number of aromatic nitrogens is 1. The van der Waals surface area contributed by atoms with Gasteiger partial charge >= 0.3 is 0 Å². The third-order valence-corrected chi connectivity index (χ3v) is 3.36. The fraction of sp³-hybridized carbons (Fsp3) is 0.188. The first kappa shape index (κ1) is 16.2. The van der Waals surface area contributed by atoms with Crippen molar-refractivity contribution in [2.24, 2.45) is 5.10 Å². The summed E-state index contributed by atoms with van der Waals surface area (Å²) >= 11 is 3.45. The topological polar surface area (TPSA) is 63.6 Å². The van der Waals surface area contributed by atoms with Crippen LogP contribution in [-0.4, -0.2) is 23.7 Å². The van der Waals surface area contributed by atoms with Crippen molar-refractivity contribution in [2.45, 2.75) is 13.3 Å². The number of carbonyl (C=O) groups excluding carboxylic acids is 1. The lowest BCUT2D eigenvalue weighted by molar-refractivity contribution is 0.0955. The van der Waals surface area contributed by atoms with E-state index in [0.29, 0.717) is 12.2 Å². The van der Waals surface area contributed by atoms with E-state index in [4.69, 9.17) is 4.74 Å².